The van der Waals surface area contributed by atoms with E-state index >= 15 is 0 Å². The van der Waals surface area contributed by atoms with E-state index in [1.54, 1.807) is 24.3 Å². The second kappa shape index (κ2) is 6.05. The van der Waals surface area contributed by atoms with Gasteiger partial charge in [0.1, 0.15) is 12.2 Å². The zero-order valence-electron chi connectivity index (χ0n) is 11.3. The molecule has 0 amide bonds. The van der Waals surface area contributed by atoms with Crippen molar-refractivity contribution in [3.63, 3.8) is 0 Å². The molecule has 3 nitrogen and oxygen atoms in total. The van der Waals surface area contributed by atoms with Crippen molar-refractivity contribution in [1.82, 2.24) is 0 Å². The summed E-state index contributed by atoms with van der Waals surface area (Å²) in [5.41, 5.74) is -0.228. The van der Waals surface area contributed by atoms with Crippen LogP contribution in [0.5, 0.6) is 5.75 Å². The van der Waals surface area contributed by atoms with Gasteiger partial charge in [0.15, 0.2) is 17.4 Å². The number of carbonyl (C=O) groups is 1. The minimum atomic E-state index is -2.11. The molecule has 116 valence electrons. The second-order valence-corrected chi connectivity index (χ2v) is 4.54. The first-order chi connectivity index (χ1) is 10.3. The van der Waals surface area contributed by atoms with E-state index in [1.807, 2.05) is 6.92 Å². The summed E-state index contributed by atoms with van der Waals surface area (Å²) in [6, 6.07) is 6.67. The van der Waals surface area contributed by atoms with E-state index < -0.39 is 40.6 Å². The van der Waals surface area contributed by atoms with Gasteiger partial charge < -0.3 is 9.84 Å². The van der Waals surface area contributed by atoms with Crippen molar-refractivity contribution < 1.29 is 32.2 Å². The number of halogens is 4. The first-order valence-corrected chi connectivity index (χ1v) is 6.10. The van der Waals surface area contributed by atoms with Gasteiger partial charge in [-0.15, -0.1) is 0 Å². The van der Waals surface area contributed by atoms with E-state index in [9.17, 15) is 22.4 Å². The molecule has 0 spiro atoms. The van der Waals surface area contributed by atoms with Crippen LogP contribution in [-0.2, 0) is 6.61 Å². The molecule has 0 heterocycles. The van der Waals surface area contributed by atoms with Crippen molar-refractivity contribution in [3.05, 3.63) is 64.2 Å². The van der Waals surface area contributed by atoms with Gasteiger partial charge >= 0.3 is 5.97 Å². The normalized spacial score (nSPS) is 10.6. The third kappa shape index (κ3) is 2.88. The predicted molar refractivity (Wildman–Crippen MR) is 68.7 cm³/mol. The number of aromatic carboxylic acids is 1. The number of benzene rings is 2. The monoisotopic (exact) mass is 314 g/mol. The van der Waals surface area contributed by atoms with E-state index in [2.05, 4.69) is 0 Å². The number of carboxylic acids is 1. The highest BCUT2D eigenvalue weighted by molar-refractivity contribution is 5.88. The number of ether oxygens (including phenoxy) is 1. The van der Waals surface area contributed by atoms with Gasteiger partial charge in [-0.05, 0) is 12.5 Å². The summed E-state index contributed by atoms with van der Waals surface area (Å²) in [5, 5.41) is 8.57. The van der Waals surface area contributed by atoms with Crippen LogP contribution in [0, 0.1) is 30.2 Å². The predicted octanol–water partition coefficient (Wildman–Crippen LogP) is 3.83. The maximum absolute atomic E-state index is 13.7. The summed E-state index contributed by atoms with van der Waals surface area (Å²) < 4.78 is 59.1. The highest BCUT2D eigenvalue weighted by Gasteiger charge is 2.30. The molecule has 0 unspecified atom stereocenters. The molecular weight excluding hydrogens is 304 g/mol. The SMILES string of the molecule is Cc1ccc(COc2c(F)c(F)c(C(=O)O)c(F)c2F)cc1. The molecule has 0 aromatic heterocycles. The molecule has 2 aromatic rings. The molecule has 0 aliphatic heterocycles. The molecule has 0 saturated carbocycles. The van der Waals surface area contributed by atoms with Crippen LogP contribution in [0.25, 0.3) is 0 Å². The number of carboxylic acid groups (broad SMARTS) is 1. The molecule has 0 radical (unpaired) electrons. The molecule has 2 aromatic carbocycles. The summed E-state index contributed by atoms with van der Waals surface area (Å²) in [6.07, 6.45) is 0. The lowest BCUT2D eigenvalue weighted by molar-refractivity contribution is 0.0682. The van der Waals surface area contributed by atoms with Crippen LogP contribution in [0.4, 0.5) is 17.6 Å². The number of rotatable bonds is 4. The van der Waals surface area contributed by atoms with Crippen molar-refractivity contribution in [2.24, 2.45) is 0 Å². The molecule has 0 aliphatic carbocycles. The Bertz CT molecular complexity index is 698. The van der Waals surface area contributed by atoms with Crippen molar-refractivity contribution in [1.29, 1.82) is 0 Å². The van der Waals surface area contributed by atoms with Crippen LogP contribution >= 0.6 is 0 Å². The summed E-state index contributed by atoms with van der Waals surface area (Å²) in [4.78, 5) is 10.6. The molecule has 0 bridgehead atoms. The maximum atomic E-state index is 13.7. The minimum Gasteiger partial charge on any atom is -0.483 e. The van der Waals surface area contributed by atoms with Gasteiger partial charge in [-0.2, -0.15) is 8.78 Å². The van der Waals surface area contributed by atoms with Gasteiger partial charge in [-0.1, -0.05) is 29.8 Å². The summed E-state index contributed by atoms with van der Waals surface area (Å²) in [5.74, 6) is -11.2. The molecule has 0 aliphatic rings. The van der Waals surface area contributed by atoms with E-state index in [1.165, 1.54) is 0 Å². The highest BCUT2D eigenvalue weighted by atomic mass is 19.2. The molecule has 1 N–H and O–H groups in total. The van der Waals surface area contributed by atoms with E-state index in [0.717, 1.165) is 5.56 Å². The fourth-order valence-electron chi connectivity index (χ4n) is 1.77. The van der Waals surface area contributed by atoms with Crippen LogP contribution in [0.1, 0.15) is 21.5 Å². The molecular formula is C15H10F4O3. The van der Waals surface area contributed by atoms with Crippen LogP contribution in [0.15, 0.2) is 24.3 Å². The molecule has 0 fully saturated rings. The largest absolute Gasteiger partial charge is 0.483 e. The molecule has 0 atom stereocenters. The quantitative estimate of drug-likeness (QED) is 0.689. The van der Waals surface area contributed by atoms with Gasteiger partial charge in [-0.25, -0.2) is 13.6 Å². The fourth-order valence-corrected chi connectivity index (χ4v) is 1.77. The van der Waals surface area contributed by atoms with Gasteiger partial charge in [0.05, 0.1) is 0 Å². The van der Waals surface area contributed by atoms with Gasteiger partial charge in [0, 0.05) is 0 Å². The van der Waals surface area contributed by atoms with Crippen LogP contribution < -0.4 is 4.74 Å². The number of aryl methyl sites for hydroxylation is 1. The average molecular weight is 314 g/mol. The first-order valence-electron chi connectivity index (χ1n) is 6.10. The highest BCUT2D eigenvalue weighted by Crippen LogP contribution is 2.30. The average Bonchev–Trinajstić information content (AvgIpc) is 2.47. The maximum Gasteiger partial charge on any atom is 0.341 e. The minimum absolute atomic E-state index is 0.334. The first kappa shape index (κ1) is 15.8. The van der Waals surface area contributed by atoms with E-state index in [0.29, 0.717) is 5.56 Å². The topological polar surface area (TPSA) is 46.5 Å². The standard InChI is InChI=1S/C15H10F4O3/c1-7-2-4-8(5-3-7)6-22-14-12(18)10(16)9(15(20)21)11(17)13(14)19/h2-5H,6H2,1H3,(H,20,21). The van der Waals surface area contributed by atoms with Crippen LogP contribution in [0.2, 0.25) is 0 Å². The Kier molecular flexibility index (Phi) is 4.35. The fraction of sp³-hybridized carbons (Fsp3) is 0.133. The van der Waals surface area contributed by atoms with Crippen molar-refractivity contribution >= 4 is 5.97 Å². The lowest BCUT2D eigenvalue weighted by atomic mass is 10.1. The summed E-state index contributed by atoms with van der Waals surface area (Å²) in [6.45, 7) is 1.50. The Morgan fingerprint density at radius 1 is 1.00 bits per heavy atom. The summed E-state index contributed by atoms with van der Waals surface area (Å²) >= 11 is 0. The van der Waals surface area contributed by atoms with Crippen molar-refractivity contribution in [3.8, 4) is 5.75 Å². The van der Waals surface area contributed by atoms with E-state index in [4.69, 9.17) is 9.84 Å². The Balaban J connectivity index is 2.35. The third-order valence-corrected chi connectivity index (χ3v) is 2.94. The molecule has 7 heteroatoms. The van der Waals surface area contributed by atoms with Crippen molar-refractivity contribution in [2.45, 2.75) is 13.5 Å². The zero-order chi connectivity index (χ0) is 16.4. The van der Waals surface area contributed by atoms with Gasteiger partial charge in [0.25, 0.3) is 0 Å². The van der Waals surface area contributed by atoms with Crippen LogP contribution in [-0.4, -0.2) is 11.1 Å². The molecule has 22 heavy (non-hydrogen) atoms. The Morgan fingerprint density at radius 3 is 1.95 bits per heavy atom. The third-order valence-electron chi connectivity index (χ3n) is 2.94. The summed E-state index contributed by atoms with van der Waals surface area (Å²) in [7, 11) is 0. The van der Waals surface area contributed by atoms with Crippen LogP contribution in [0.3, 0.4) is 0 Å². The Hall–Kier alpha value is -2.57. The lowest BCUT2D eigenvalue weighted by Crippen LogP contribution is -2.12. The van der Waals surface area contributed by atoms with Gasteiger partial charge in [0.2, 0.25) is 11.6 Å². The molecule has 0 saturated heterocycles. The van der Waals surface area contributed by atoms with Crippen molar-refractivity contribution in [2.75, 3.05) is 0 Å². The van der Waals surface area contributed by atoms with E-state index in [-0.39, 0.29) is 6.61 Å². The smallest absolute Gasteiger partial charge is 0.341 e. The Morgan fingerprint density at radius 2 is 1.50 bits per heavy atom. The molecule has 2 rings (SSSR count). The zero-order valence-corrected chi connectivity index (χ0v) is 11.3. The number of hydrogen-bond acceptors (Lipinski definition) is 2. The Labute approximate surface area is 122 Å². The lowest BCUT2D eigenvalue weighted by Gasteiger charge is -2.11. The number of hydrogen-bond donors (Lipinski definition) is 1. The van der Waals surface area contributed by atoms with Gasteiger partial charge in [-0.3, -0.25) is 0 Å². The second-order valence-electron chi connectivity index (χ2n) is 4.54.